The third-order valence-electron chi connectivity index (χ3n) is 3.91. The zero-order valence-corrected chi connectivity index (χ0v) is 10.1. The van der Waals surface area contributed by atoms with Crippen molar-refractivity contribution < 1.29 is 4.79 Å². The molecule has 2 rings (SSSR count). The Morgan fingerprint density at radius 2 is 1.62 bits per heavy atom. The predicted molar refractivity (Wildman–Crippen MR) is 65.2 cm³/mol. The molecule has 0 aromatic heterocycles. The number of rotatable bonds is 0. The average molecular weight is 224 g/mol. The van der Waals surface area contributed by atoms with Gasteiger partial charge in [0.2, 0.25) is 5.91 Å². The first-order valence-corrected chi connectivity index (χ1v) is 6.89. The van der Waals surface area contributed by atoms with Gasteiger partial charge in [-0.1, -0.05) is 25.7 Å². The maximum absolute atomic E-state index is 12.0. The molecule has 0 unspecified atom stereocenters. The number of carbonyl (C=O) groups excluding carboxylic acids is 1. The van der Waals surface area contributed by atoms with Crippen LogP contribution in [0.5, 0.6) is 0 Å². The molecule has 0 spiro atoms. The summed E-state index contributed by atoms with van der Waals surface area (Å²) in [4.78, 5) is 12.0. The highest BCUT2D eigenvalue weighted by Crippen LogP contribution is 2.25. The van der Waals surface area contributed by atoms with E-state index in [1.807, 2.05) is 0 Å². The summed E-state index contributed by atoms with van der Waals surface area (Å²) in [6.45, 7) is 1.97. The van der Waals surface area contributed by atoms with Gasteiger partial charge in [-0.25, -0.2) is 0 Å². The van der Waals surface area contributed by atoms with E-state index in [-0.39, 0.29) is 5.92 Å². The maximum atomic E-state index is 12.0. The summed E-state index contributed by atoms with van der Waals surface area (Å²) >= 11 is 0. The van der Waals surface area contributed by atoms with Gasteiger partial charge in [0.1, 0.15) is 0 Å². The number of amides is 1. The summed E-state index contributed by atoms with van der Waals surface area (Å²) < 4.78 is 0. The molecule has 1 aliphatic heterocycles. The van der Waals surface area contributed by atoms with E-state index in [9.17, 15) is 4.79 Å². The van der Waals surface area contributed by atoms with E-state index in [4.69, 9.17) is 0 Å². The number of hydrogen-bond donors (Lipinski definition) is 2. The number of fused-ring (bicyclic) bond motifs is 1. The molecule has 1 aliphatic carbocycles. The number of nitrogens with one attached hydrogen (secondary N) is 2. The van der Waals surface area contributed by atoms with Crippen molar-refractivity contribution in [2.75, 3.05) is 13.1 Å². The van der Waals surface area contributed by atoms with Gasteiger partial charge in [-0.15, -0.1) is 0 Å². The minimum atomic E-state index is 0.229. The van der Waals surface area contributed by atoms with Gasteiger partial charge in [0.15, 0.2) is 0 Å². The lowest BCUT2D eigenvalue weighted by Gasteiger charge is -2.31. The molecule has 0 aromatic carbocycles. The molecule has 0 aromatic rings. The summed E-state index contributed by atoms with van der Waals surface area (Å²) in [6, 6.07) is 0.437. The Balaban J connectivity index is 1.95. The Hall–Kier alpha value is -0.570. The second-order valence-corrected chi connectivity index (χ2v) is 5.16. The first-order valence-electron chi connectivity index (χ1n) is 6.89. The first-order chi connectivity index (χ1) is 7.88. The Morgan fingerprint density at radius 3 is 2.50 bits per heavy atom. The fraction of sp³-hybridized carbons (Fsp3) is 0.923. The van der Waals surface area contributed by atoms with Crippen LogP contribution in [0.2, 0.25) is 0 Å². The van der Waals surface area contributed by atoms with Crippen molar-refractivity contribution >= 4 is 5.91 Å². The highest BCUT2D eigenvalue weighted by molar-refractivity contribution is 5.79. The fourth-order valence-electron chi connectivity index (χ4n) is 2.92. The standard InChI is InChI=1S/C13H24N2O/c16-13-11-7-3-4-8-12(11)14-9-5-1-2-6-10-15-13/h11-12,14H,1-10H2,(H,15,16)/t11-,12+/m1/s1. The average Bonchev–Trinajstić information content (AvgIpc) is 2.35. The van der Waals surface area contributed by atoms with Crippen LogP contribution in [0.1, 0.15) is 51.4 Å². The van der Waals surface area contributed by atoms with Crippen LogP contribution >= 0.6 is 0 Å². The van der Waals surface area contributed by atoms with E-state index >= 15 is 0 Å². The normalized spacial score (nSPS) is 33.4. The van der Waals surface area contributed by atoms with Gasteiger partial charge in [-0.3, -0.25) is 4.79 Å². The third-order valence-corrected chi connectivity index (χ3v) is 3.91. The van der Waals surface area contributed by atoms with Gasteiger partial charge in [-0.2, -0.15) is 0 Å². The smallest absolute Gasteiger partial charge is 0.224 e. The molecular weight excluding hydrogens is 200 g/mol. The molecule has 1 heterocycles. The van der Waals surface area contributed by atoms with Crippen LogP contribution in [-0.2, 0) is 4.79 Å². The van der Waals surface area contributed by atoms with E-state index in [1.54, 1.807) is 0 Å². The number of hydrogen-bond acceptors (Lipinski definition) is 2. The largest absolute Gasteiger partial charge is 0.356 e. The van der Waals surface area contributed by atoms with E-state index in [0.29, 0.717) is 11.9 Å². The monoisotopic (exact) mass is 224 g/mol. The van der Waals surface area contributed by atoms with Gasteiger partial charge >= 0.3 is 0 Å². The van der Waals surface area contributed by atoms with Gasteiger partial charge in [0.05, 0.1) is 5.92 Å². The molecule has 1 saturated heterocycles. The number of carbonyl (C=O) groups is 1. The zero-order valence-electron chi connectivity index (χ0n) is 10.1. The molecule has 2 N–H and O–H groups in total. The second-order valence-electron chi connectivity index (χ2n) is 5.16. The van der Waals surface area contributed by atoms with Gasteiger partial charge in [0.25, 0.3) is 0 Å². The van der Waals surface area contributed by atoms with Crippen LogP contribution < -0.4 is 10.6 Å². The lowest BCUT2D eigenvalue weighted by molar-refractivity contribution is -0.126. The maximum Gasteiger partial charge on any atom is 0.224 e. The summed E-state index contributed by atoms with van der Waals surface area (Å²) in [6.07, 6.45) is 9.69. The minimum absolute atomic E-state index is 0.229. The molecule has 2 atom stereocenters. The Kier molecular flexibility index (Phi) is 4.64. The summed E-state index contributed by atoms with van der Waals surface area (Å²) in [5, 5.41) is 6.69. The molecule has 0 radical (unpaired) electrons. The lowest BCUT2D eigenvalue weighted by atomic mass is 9.83. The van der Waals surface area contributed by atoms with Crippen LogP contribution in [-0.4, -0.2) is 25.0 Å². The third kappa shape index (κ3) is 3.21. The molecule has 0 bridgehead atoms. The van der Waals surface area contributed by atoms with Crippen LogP contribution in [0.15, 0.2) is 0 Å². The topological polar surface area (TPSA) is 41.1 Å². The van der Waals surface area contributed by atoms with Crippen molar-refractivity contribution in [1.82, 2.24) is 10.6 Å². The van der Waals surface area contributed by atoms with Gasteiger partial charge < -0.3 is 10.6 Å². The van der Waals surface area contributed by atoms with Crippen molar-refractivity contribution in [1.29, 1.82) is 0 Å². The van der Waals surface area contributed by atoms with Crippen molar-refractivity contribution in [2.45, 2.75) is 57.4 Å². The van der Waals surface area contributed by atoms with E-state index in [0.717, 1.165) is 25.9 Å². The molecule has 2 aliphatic rings. The highest BCUT2D eigenvalue weighted by atomic mass is 16.1. The highest BCUT2D eigenvalue weighted by Gasteiger charge is 2.30. The molecule has 92 valence electrons. The fourth-order valence-corrected chi connectivity index (χ4v) is 2.92. The lowest BCUT2D eigenvalue weighted by Crippen LogP contribution is -2.46. The van der Waals surface area contributed by atoms with E-state index in [2.05, 4.69) is 10.6 Å². The molecule has 2 fully saturated rings. The van der Waals surface area contributed by atoms with Crippen LogP contribution in [0, 0.1) is 5.92 Å². The SMILES string of the molecule is O=C1NCCCCCCN[C@H]2CCCC[C@@H]12. The molecular formula is C13H24N2O. The molecule has 1 saturated carbocycles. The Bertz CT molecular complexity index is 230. The summed E-state index contributed by atoms with van der Waals surface area (Å²) in [5.74, 6) is 0.519. The summed E-state index contributed by atoms with van der Waals surface area (Å²) in [7, 11) is 0. The Labute approximate surface area is 98.4 Å². The first kappa shape index (κ1) is 11.9. The van der Waals surface area contributed by atoms with Crippen molar-refractivity contribution in [2.24, 2.45) is 5.92 Å². The van der Waals surface area contributed by atoms with Crippen molar-refractivity contribution in [3.05, 3.63) is 0 Å². The van der Waals surface area contributed by atoms with Crippen LogP contribution in [0.25, 0.3) is 0 Å². The molecule has 3 nitrogen and oxygen atoms in total. The van der Waals surface area contributed by atoms with Gasteiger partial charge in [-0.05, 0) is 32.2 Å². The summed E-state index contributed by atoms with van der Waals surface area (Å²) in [5.41, 5.74) is 0. The van der Waals surface area contributed by atoms with E-state index in [1.165, 1.54) is 38.5 Å². The van der Waals surface area contributed by atoms with E-state index < -0.39 is 0 Å². The van der Waals surface area contributed by atoms with Crippen LogP contribution in [0.4, 0.5) is 0 Å². The zero-order chi connectivity index (χ0) is 11.2. The van der Waals surface area contributed by atoms with Crippen LogP contribution in [0.3, 0.4) is 0 Å². The molecule has 16 heavy (non-hydrogen) atoms. The van der Waals surface area contributed by atoms with Crippen molar-refractivity contribution in [3.8, 4) is 0 Å². The minimum Gasteiger partial charge on any atom is -0.356 e. The molecule has 3 heteroatoms. The van der Waals surface area contributed by atoms with Crippen molar-refractivity contribution in [3.63, 3.8) is 0 Å². The molecule has 1 amide bonds. The quantitative estimate of drug-likeness (QED) is 0.659. The second kappa shape index (κ2) is 6.24. The van der Waals surface area contributed by atoms with Gasteiger partial charge in [0, 0.05) is 12.6 Å². The predicted octanol–water partition coefficient (Wildman–Crippen LogP) is 1.82. The Morgan fingerprint density at radius 1 is 0.875 bits per heavy atom.